The van der Waals surface area contributed by atoms with Gasteiger partial charge in [-0.05, 0) is 71.2 Å². The van der Waals surface area contributed by atoms with Crippen LogP contribution in [0.1, 0.15) is 53.4 Å². The number of benzene rings is 1. The Kier molecular flexibility index (Phi) is 11.1. The molecule has 246 valence electrons. The van der Waals surface area contributed by atoms with Crippen LogP contribution in [0.25, 0.3) is 0 Å². The van der Waals surface area contributed by atoms with Crippen molar-refractivity contribution in [3.63, 3.8) is 0 Å². The number of amides is 3. The lowest BCUT2D eigenvalue weighted by atomic mass is 9.70. The fourth-order valence-corrected chi connectivity index (χ4v) is 7.13. The molecule has 11 nitrogen and oxygen atoms in total. The Morgan fingerprint density at radius 2 is 1.82 bits per heavy atom. The van der Waals surface area contributed by atoms with E-state index in [9.17, 15) is 24.3 Å². The van der Waals surface area contributed by atoms with Gasteiger partial charge in [0.2, 0.25) is 11.8 Å². The minimum absolute atomic E-state index is 0.127. The number of carbonyl (C=O) groups excluding carboxylic acids is 4. The van der Waals surface area contributed by atoms with E-state index < -0.39 is 53.6 Å². The van der Waals surface area contributed by atoms with E-state index in [4.69, 9.17) is 9.47 Å². The highest BCUT2D eigenvalue weighted by Crippen LogP contribution is 2.59. The predicted octanol–water partition coefficient (Wildman–Crippen LogP) is 2.82. The summed E-state index contributed by atoms with van der Waals surface area (Å²) in [6.07, 6.45) is 3.81. The molecule has 2 bridgehead atoms. The third-order valence-corrected chi connectivity index (χ3v) is 9.33. The Bertz CT molecular complexity index is 1270. The summed E-state index contributed by atoms with van der Waals surface area (Å²) < 4.78 is 12.2. The van der Waals surface area contributed by atoms with Gasteiger partial charge in [-0.3, -0.25) is 19.2 Å². The molecule has 0 radical (unpaired) electrons. The van der Waals surface area contributed by atoms with Crippen molar-refractivity contribution in [2.45, 2.75) is 83.3 Å². The van der Waals surface area contributed by atoms with Gasteiger partial charge in [0, 0.05) is 37.4 Å². The van der Waals surface area contributed by atoms with Crippen LogP contribution in [0, 0.1) is 11.8 Å². The van der Waals surface area contributed by atoms with Crippen LogP contribution in [0.5, 0.6) is 0 Å². The first-order valence-corrected chi connectivity index (χ1v) is 16.0. The number of anilines is 2. The van der Waals surface area contributed by atoms with Crippen molar-refractivity contribution in [2.24, 2.45) is 11.8 Å². The second-order valence-electron chi connectivity index (χ2n) is 12.1. The van der Waals surface area contributed by atoms with Gasteiger partial charge in [-0.2, -0.15) is 0 Å². The van der Waals surface area contributed by atoms with Crippen LogP contribution < -0.4 is 15.1 Å². The van der Waals surface area contributed by atoms with Crippen molar-refractivity contribution in [1.29, 1.82) is 0 Å². The molecule has 3 amide bonds. The molecule has 2 N–H and O–H groups in total. The predicted molar refractivity (Wildman–Crippen MR) is 172 cm³/mol. The minimum atomic E-state index is -1.24. The fourth-order valence-electron chi connectivity index (χ4n) is 7.13. The van der Waals surface area contributed by atoms with Gasteiger partial charge in [-0.1, -0.05) is 12.2 Å². The van der Waals surface area contributed by atoms with E-state index >= 15 is 0 Å². The maximum atomic E-state index is 14.6. The van der Waals surface area contributed by atoms with E-state index in [0.717, 1.165) is 18.8 Å². The smallest absolute Gasteiger partial charge is 0.312 e. The van der Waals surface area contributed by atoms with Crippen molar-refractivity contribution in [1.82, 2.24) is 10.2 Å². The van der Waals surface area contributed by atoms with Crippen molar-refractivity contribution in [2.75, 3.05) is 42.6 Å². The van der Waals surface area contributed by atoms with Gasteiger partial charge in [0.25, 0.3) is 5.91 Å². The number of allylic oxidation sites excluding steroid dienone is 1. The van der Waals surface area contributed by atoms with Crippen LogP contribution in [-0.4, -0.2) is 96.4 Å². The van der Waals surface area contributed by atoms with Gasteiger partial charge in [0.1, 0.15) is 17.7 Å². The average Bonchev–Trinajstić information content (AvgIpc) is 3.69. The Morgan fingerprint density at radius 3 is 2.42 bits per heavy atom. The molecule has 7 atom stereocenters. The lowest BCUT2D eigenvalue weighted by molar-refractivity contribution is -0.159. The van der Waals surface area contributed by atoms with Crippen LogP contribution in [0.4, 0.5) is 11.4 Å². The summed E-state index contributed by atoms with van der Waals surface area (Å²) in [5.41, 5.74) is 0.436. The normalized spacial score (nSPS) is 26.2. The van der Waals surface area contributed by atoms with Crippen molar-refractivity contribution >= 4 is 35.1 Å². The molecule has 3 fully saturated rings. The van der Waals surface area contributed by atoms with E-state index in [0.29, 0.717) is 31.4 Å². The third kappa shape index (κ3) is 6.51. The van der Waals surface area contributed by atoms with Gasteiger partial charge in [-0.15, -0.1) is 13.2 Å². The van der Waals surface area contributed by atoms with Crippen molar-refractivity contribution in [3.8, 4) is 0 Å². The molecule has 11 heteroatoms. The number of ether oxygens (including phenoxy) is 2. The number of fused-ring (bicyclic) bond motifs is 1. The number of aliphatic hydroxyl groups is 1. The molecule has 1 aromatic carbocycles. The number of likely N-dealkylation sites (tertiary alicyclic amines) is 1. The summed E-state index contributed by atoms with van der Waals surface area (Å²) in [6.45, 7) is 16.7. The lowest BCUT2D eigenvalue weighted by Gasteiger charge is -2.38. The molecule has 0 unspecified atom stereocenters. The molecule has 4 rings (SSSR count). The summed E-state index contributed by atoms with van der Waals surface area (Å²) >= 11 is 0. The highest BCUT2D eigenvalue weighted by Gasteiger charge is 2.75. The van der Waals surface area contributed by atoms with Crippen molar-refractivity contribution < 1.29 is 33.8 Å². The zero-order chi connectivity index (χ0) is 32.9. The fraction of sp³-hybridized carbons (Fsp3) is 0.588. The number of aliphatic hydroxyl groups excluding tert-OH is 1. The summed E-state index contributed by atoms with van der Waals surface area (Å²) in [4.78, 5) is 59.6. The minimum Gasteiger partial charge on any atom is -0.460 e. The SMILES string of the molecule is C=CCCC(=O)NC[C@@H](C)OC(=O)[C@@H]1[C@@H]2CC[C@]3(O2)[C@H](C(=O)N(CC=C)c2ccc(N(CC)CC)cc2)N([C@H](C)CO)C(=O)[C@@H]13. The molecule has 0 saturated carbocycles. The van der Waals surface area contributed by atoms with Crippen LogP contribution in [0.15, 0.2) is 49.6 Å². The average molecular weight is 625 g/mol. The Labute approximate surface area is 266 Å². The first kappa shape index (κ1) is 34.2. The highest BCUT2D eigenvalue weighted by atomic mass is 16.6. The van der Waals surface area contributed by atoms with Crippen molar-refractivity contribution in [3.05, 3.63) is 49.6 Å². The van der Waals surface area contributed by atoms with Crippen LogP contribution in [0.3, 0.4) is 0 Å². The number of hydrogen-bond donors (Lipinski definition) is 2. The lowest BCUT2D eigenvalue weighted by Crippen LogP contribution is -2.58. The van der Waals surface area contributed by atoms with E-state index in [2.05, 4.69) is 37.2 Å². The quantitative estimate of drug-likeness (QED) is 0.212. The second-order valence-corrected chi connectivity index (χ2v) is 12.1. The number of hydrogen-bond acceptors (Lipinski definition) is 8. The van der Waals surface area contributed by atoms with Gasteiger partial charge >= 0.3 is 5.97 Å². The summed E-state index contributed by atoms with van der Waals surface area (Å²) in [7, 11) is 0. The van der Waals surface area contributed by atoms with Crippen LogP contribution in [0.2, 0.25) is 0 Å². The molecule has 3 aliphatic rings. The standard InChI is InChI=1S/C34H48N4O7/c1-7-11-12-27(40)35-20-23(6)44-33(43)28-26-17-18-34(45-26)29(28)31(41)38(22(5)21-39)30(34)32(42)37(19-8-2)25-15-13-24(14-16-25)36(9-3)10-4/h7-8,13-16,22-23,26,28-30,39H,1-2,9-12,17-21H2,3-6H3,(H,35,40)/t22-,23-,26+,28-,29-,30+,34-/m1/s1. The topological polar surface area (TPSA) is 129 Å². The van der Waals surface area contributed by atoms with Gasteiger partial charge in [0.05, 0.1) is 37.1 Å². The number of nitrogens with zero attached hydrogens (tertiary/aromatic N) is 3. The van der Waals surface area contributed by atoms with Crippen LogP contribution in [-0.2, 0) is 28.7 Å². The van der Waals surface area contributed by atoms with Crippen LogP contribution >= 0.6 is 0 Å². The Hall–Kier alpha value is -3.70. The zero-order valence-corrected chi connectivity index (χ0v) is 26.9. The molecular formula is C34H48N4O7. The van der Waals surface area contributed by atoms with Gasteiger partial charge < -0.3 is 34.6 Å². The zero-order valence-electron chi connectivity index (χ0n) is 26.9. The molecule has 3 saturated heterocycles. The number of nitrogens with one attached hydrogen (secondary N) is 1. The summed E-state index contributed by atoms with van der Waals surface area (Å²) in [5, 5.41) is 12.9. The number of rotatable bonds is 16. The molecular weight excluding hydrogens is 576 g/mol. The van der Waals surface area contributed by atoms with Gasteiger partial charge in [0.15, 0.2) is 0 Å². The molecule has 0 aromatic heterocycles. The maximum Gasteiger partial charge on any atom is 0.312 e. The molecule has 0 aliphatic carbocycles. The molecule has 3 heterocycles. The largest absolute Gasteiger partial charge is 0.460 e. The Balaban J connectivity index is 1.61. The third-order valence-electron chi connectivity index (χ3n) is 9.33. The Morgan fingerprint density at radius 1 is 1.16 bits per heavy atom. The first-order chi connectivity index (χ1) is 21.6. The van der Waals surface area contributed by atoms with E-state index in [1.54, 1.807) is 30.9 Å². The molecule has 45 heavy (non-hydrogen) atoms. The van der Waals surface area contributed by atoms with E-state index in [-0.39, 0.29) is 31.5 Å². The maximum absolute atomic E-state index is 14.6. The molecule has 1 spiro atoms. The summed E-state index contributed by atoms with van der Waals surface area (Å²) in [6, 6.07) is 5.95. The number of carbonyl (C=O) groups is 4. The first-order valence-electron chi connectivity index (χ1n) is 16.0. The molecule has 1 aromatic rings. The monoisotopic (exact) mass is 624 g/mol. The second kappa shape index (κ2) is 14.6. The molecule has 3 aliphatic heterocycles. The van der Waals surface area contributed by atoms with Gasteiger partial charge in [-0.25, -0.2) is 0 Å². The van der Waals surface area contributed by atoms with E-state index in [1.165, 1.54) is 4.90 Å². The van der Waals surface area contributed by atoms with E-state index in [1.807, 2.05) is 24.3 Å². The highest BCUT2D eigenvalue weighted by molar-refractivity contribution is 6.05. The summed E-state index contributed by atoms with van der Waals surface area (Å²) in [5.74, 6) is -3.36. The number of esters is 1.